The molecule has 1 nitrogen and oxygen atoms in total. The van der Waals surface area contributed by atoms with Crippen molar-refractivity contribution >= 4 is 17.1 Å². The number of rotatable bonds is 7. The van der Waals surface area contributed by atoms with E-state index in [0.717, 1.165) is 17.1 Å². The quantitative estimate of drug-likeness (QED) is 0.164. The van der Waals surface area contributed by atoms with Gasteiger partial charge >= 0.3 is 0 Å². The summed E-state index contributed by atoms with van der Waals surface area (Å²) < 4.78 is 0. The van der Waals surface area contributed by atoms with Crippen LogP contribution in [-0.2, 0) is 5.41 Å². The number of anilines is 3. The largest absolute Gasteiger partial charge is 0.309 e. The van der Waals surface area contributed by atoms with E-state index in [2.05, 4.69) is 219 Å². The lowest BCUT2D eigenvalue weighted by Crippen LogP contribution is -2.16. The summed E-state index contributed by atoms with van der Waals surface area (Å²) in [6, 6.07) is 72.9. The molecule has 1 aliphatic carbocycles. The normalized spacial score (nSPS) is 12.6. The molecule has 1 aliphatic rings. The molecule has 9 rings (SSSR count). The number of benzene rings is 8. The third-order valence-corrected chi connectivity index (χ3v) is 10.7. The zero-order chi connectivity index (χ0) is 35.1. The van der Waals surface area contributed by atoms with Crippen LogP contribution in [0.4, 0.5) is 17.1 Å². The molecule has 0 saturated heterocycles. The van der Waals surface area contributed by atoms with E-state index in [0.29, 0.717) is 0 Å². The Kier molecular flexibility index (Phi) is 7.90. The van der Waals surface area contributed by atoms with Gasteiger partial charge in [-0.2, -0.15) is 0 Å². The maximum atomic E-state index is 2.50. The van der Waals surface area contributed by atoms with Gasteiger partial charge in [0.2, 0.25) is 0 Å². The first-order chi connectivity index (χ1) is 25.6. The molecule has 1 heteroatoms. The van der Waals surface area contributed by atoms with Crippen molar-refractivity contribution < 1.29 is 0 Å². The summed E-state index contributed by atoms with van der Waals surface area (Å²) in [5.41, 5.74) is 18.2. The first-order valence-electron chi connectivity index (χ1n) is 18.1. The van der Waals surface area contributed by atoms with Crippen LogP contribution in [-0.4, -0.2) is 0 Å². The first-order valence-corrected chi connectivity index (χ1v) is 18.1. The van der Waals surface area contributed by atoms with Crippen LogP contribution >= 0.6 is 0 Å². The fourth-order valence-electron chi connectivity index (χ4n) is 8.22. The fourth-order valence-corrected chi connectivity index (χ4v) is 8.22. The smallest absolute Gasteiger partial charge is 0.0546 e. The predicted octanol–water partition coefficient (Wildman–Crippen LogP) is 14.1. The average molecular weight is 666 g/mol. The number of hydrogen-bond donors (Lipinski definition) is 0. The molecule has 0 aliphatic heterocycles. The Morgan fingerprint density at radius 1 is 0.327 bits per heavy atom. The van der Waals surface area contributed by atoms with Crippen LogP contribution in [0.3, 0.4) is 0 Å². The van der Waals surface area contributed by atoms with Gasteiger partial charge in [-0.15, -0.1) is 0 Å². The molecule has 0 spiro atoms. The third kappa shape index (κ3) is 5.34. The Hall–Kier alpha value is -6.44. The van der Waals surface area contributed by atoms with Gasteiger partial charge in [-0.05, 0) is 79.9 Å². The second-order valence-corrected chi connectivity index (χ2v) is 14.1. The Morgan fingerprint density at radius 3 is 1.46 bits per heavy atom. The summed E-state index contributed by atoms with van der Waals surface area (Å²) in [5, 5.41) is 0. The number of hydrogen-bond acceptors (Lipinski definition) is 1. The monoisotopic (exact) mass is 665 g/mol. The van der Waals surface area contributed by atoms with Gasteiger partial charge in [0.05, 0.1) is 11.4 Å². The average Bonchev–Trinajstić information content (AvgIpc) is 3.44. The van der Waals surface area contributed by atoms with Crippen molar-refractivity contribution in [2.45, 2.75) is 19.3 Å². The minimum absolute atomic E-state index is 0.0791. The molecule has 0 N–H and O–H groups in total. The van der Waals surface area contributed by atoms with Crippen molar-refractivity contribution in [2.75, 3.05) is 4.90 Å². The number of nitrogens with zero attached hydrogens (tertiary/aromatic N) is 1. The van der Waals surface area contributed by atoms with Crippen molar-refractivity contribution in [3.05, 3.63) is 211 Å². The summed E-state index contributed by atoms with van der Waals surface area (Å²) in [5.74, 6) is 0. The summed E-state index contributed by atoms with van der Waals surface area (Å²) in [6.45, 7) is 4.70. The molecule has 8 aromatic rings. The standard InChI is InChI=1S/C51H39N/c1-51(2)46-30-16-14-27-43(46)45-35-39(33-34-47(45)51)52(48-31-17-15-26-41(48)37-21-8-4-9-22-37)49-32-18-29-42(38-23-10-5-11-24-38)50(49)44-28-13-12-25-40(44)36-19-6-3-7-20-36/h3-35H,1-2H3. The molecule has 0 atom stereocenters. The van der Waals surface area contributed by atoms with Gasteiger partial charge in [-0.25, -0.2) is 0 Å². The lowest BCUT2D eigenvalue weighted by Gasteiger charge is -2.32. The Labute approximate surface area is 307 Å². The maximum Gasteiger partial charge on any atom is 0.0546 e. The third-order valence-electron chi connectivity index (χ3n) is 10.7. The molecule has 52 heavy (non-hydrogen) atoms. The van der Waals surface area contributed by atoms with Crippen LogP contribution in [0.2, 0.25) is 0 Å². The molecule has 0 amide bonds. The Bertz CT molecular complexity index is 2530. The Morgan fingerprint density at radius 2 is 0.788 bits per heavy atom. The molecular weight excluding hydrogens is 627 g/mol. The highest BCUT2D eigenvalue weighted by Crippen LogP contribution is 2.53. The molecule has 0 radical (unpaired) electrons. The van der Waals surface area contributed by atoms with Gasteiger partial charge in [0.25, 0.3) is 0 Å². The molecule has 0 bridgehead atoms. The van der Waals surface area contributed by atoms with Crippen LogP contribution in [0.5, 0.6) is 0 Å². The maximum absolute atomic E-state index is 2.50. The highest BCUT2D eigenvalue weighted by molar-refractivity contribution is 6.03. The van der Waals surface area contributed by atoms with E-state index in [-0.39, 0.29) is 5.41 Å². The van der Waals surface area contributed by atoms with Crippen molar-refractivity contribution in [3.63, 3.8) is 0 Å². The van der Waals surface area contributed by atoms with Crippen molar-refractivity contribution in [1.82, 2.24) is 0 Å². The SMILES string of the molecule is CC1(C)c2ccccc2-c2cc(N(c3ccccc3-c3ccccc3)c3cccc(-c4ccccc4)c3-c3ccccc3-c3ccccc3)ccc21. The summed E-state index contributed by atoms with van der Waals surface area (Å²) >= 11 is 0. The van der Waals surface area contributed by atoms with Gasteiger partial charge in [0, 0.05) is 22.2 Å². The van der Waals surface area contributed by atoms with Gasteiger partial charge in [0.1, 0.15) is 0 Å². The van der Waals surface area contributed by atoms with E-state index in [1.807, 2.05) is 0 Å². The van der Waals surface area contributed by atoms with Crippen LogP contribution in [0.15, 0.2) is 200 Å². The van der Waals surface area contributed by atoms with E-state index >= 15 is 0 Å². The van der Waals surface area contributed by atoms with Gasteiger partial charge in [-0.3, -0.25) is 0 Å². The van der Waals surface area contributed by atoms with E-state index in [1.54, 1.807) is 0 Å². The van der Waals surface area contributed by atoms with Crippen molar-refractivity contribution in [1.29, 1.82) is 0 Å². The minimum atomic E-state index is -0.0791. The molecule has 0 aromatic heterocycles. The molecular formula is C51H39N. The highest BCUT2D eigenvalue weighted by Gasteiger charge is 2.36. The van der Waals surface area contributed by atoms with Gasteiger partial charge in [0.15, 0.2) is 0 Å². The van der Waals surface area contributed by atoms with Gasteiger partial charge < -0.3 is 4.90 Å². The van der Waals surface area contributed by atoms with Crippen LogP contribution < -0.4 is 4.90 Å². The Balaban J connectivity index is 1.38. The van der Waals surface area contributed by atoms with E-state index in [1.165, 1.54) is 66.8 Å². The van der Waals surface area contributed by atoms with Gasteiger partial charge in [-0.1, -0.05) is 190 Å². The van der Waals surface area contributed by atoms with Crippen LogP contribution in [0.1, 0.15) is 25.0 Å². The molecule has 0 saturated carbocycles. The number of para-hydroxylation sites is 1. The summed E-state index contributed by atoms with van der Waals surface area (Å²) in [6.07, 6.45) is 0. The van der Waals surface area contributed by atoms with Crippen molar-refractivity contribution in [2.24, 2.45) is 0 Å². The lowest BCUT2D eigenvalue weighted by molar-refractivity contribution is 0.660. The second-order valence-electron chi connectivity index (χ2n) is 14.1. The van der Waals surface area contributed by atoms with Crippen molar-refractivity contribution in [3.8, 4) is 55.6 Å². The minimum Gasteiger partial charge on any atom is -0.309 e. The molecule has 0 fully saturated rings. The van der Waals surface area contributed by atoms with E-state index < -0.39 is 0 Å². The lowest BCUT2D eigenvalue weighted by atomic mass is 9.82. The molecule has 248 valence electrons. The zero-order valence-corrected chi connectivity index (χ0v) is 29.5. The molecule has 0 unspecified atom stereocenters. The molecule has 8 aromatic carbocycles. The van der Waals surface area contributed by atoms with E-state index in [9.17, 15) is 0 Å². The van der Waals surface area contributed by atoms with Crippen LogP contribution in [0.25, 0.3) is 55.6 Å². The topological polar surface area (TPSA) is 3.24 Å². The fraction of sp³-hybridized carbons (Fsp3) is 0.0588. The predicted molar refractivity (Wildman–Crippen MR) is 220 cm³/mol. The molecule has 0 heterocycles. The zero-order valence-electron chi connectivity index (χ0n) is 29.5. The first kappa shape index (κ1) is 31.5. The van der Waals surface area contributed by atoms with E-state index in [4.69, 9.17) is 0 Å². The second kappa shape index (κ2) is 13.0. The highest BCUT2D eigenvalue weighted by atomic mass is 15.1. The summed E-state index contributed by atoms with van der Waals surface area (Å²) in [7, 11) is 0. The van der Waals surface area contributed by atoms with Crippen LogP contribution in [0, 0.1) is 0 Å². The number of fused-ring (bicyclic) bond motifs is 3. The summed E-state index contributed by atoms with van der Waals surface area (Å²) in [4.78, 5) is 2.50.